The summed E-state index contributed by atoms with van der Waals surface area (Å²) in [6.07, 6.45) is 0.739. The summed E-state index contributed by atoms with van der Waals surface area (Å²) in [4.78, 5) is 23.9. The maximum absolute atomic E-state index is 12.3. The molecule has 1 aromatic carbocycles. The predicted molar refractivity (Wildman–Crippen MR) is 91.9 cm³/mol. The Kier molecular flexibility index (Phi) is 4.89. The molecule has 1 aliphatic rings. The average molecular weight is 348 g/mol. The number of aromatic nitrogens is 1. The molecular formula is C17H20N2O4S. The molecule has 1 atom stereocenters. The smallest absolute Gasteiger partial charge is 0.307 e. The van der Waals surface area contributed by atoms with Crippen LogP contribution in [0.4, 0.5) is 0 Å². The summed E-state index contributed by atoms with van der Waals surface area (Å²) in [5, 5.41) is 4.75. The monoisotopic (exact) mass is 348 g/mol. The minimum Gasteiger partial charge on any atom is -0.486 e. The number of hydrogen-bond acceptors (Lipinski definition) is 5. The van der Waals surface area contributed by atoms with Gasteiger partial charge in [0, 0.05) is 11.1 Å². The molecule has 128 valence electrons. The van der Waals surface area contributed by atoms with Gasteiger partial charge in [-0.3, -0.25) is 14.2 Å². The lowest BCUT2D eigenvalue weighted by molar-refractivity contribution is -0.122. The summed E-state index contributed by atoms with van der Waals surface area (Å²) in [6.45, 7) is 4.94. The number of carbonyl (C=O) groups is 1. The van der Waals surface area contributed by atoms with Crippen LogP contribution in [-0.2, 0) is 11.3 Å². The number of ether oxygens (including phenoxy) is 2. The number of carbonyl (C=O) groups excluding carboxylic acids is 1. The van der Waals surface area contributed by atoms with E-state index in [0.717, 1.165) is 34.8 Å². The van der Waals surface area contributed by atoms with E-state index in [1.807, 2.05) is 32.0 Å². The molecule has 0 saturated carbocycles. The van der Waals surface area contributed by atoms with Crippen LogP contribution in [0.5, 0.6) is 11.5 Å². The van der Waals surface area contributed by atoms with E-state index in [1.54, 1.807) is 5.38 Å². The molecule has 6 nitrogen and oxygen atoms in total. The van der Waals surface area contributed by atoms with Crippen LogP contribution in [0.2, 0.25) is 0 Å². The third-order valence-electron chi connectivity index (χ3n) is 3.99. The molecule has 1 aromatic heterocycles. The summed E-state index contributed by atoms with van der Waals surface area (Å²) >= 11 is 1.11. The Morgan fingerprint density at radius 2 is 2.08 bits per heavy atom. The number of fused-ring (bicyclic) bond motifs is 1. The van der Waals surface area contributed by atoms with Gasteiger partial charge >= 0.3 is 4.87 Å². The van der Waals surface area contributed by atoms with E-state index >= 15 is 0 Å². The third kappa shape index (κ3) is 3.46. The van der Waals surface area contributed by atoms with Gasteiger partial charge < -0.3 is 14.8 Å². The Bertz CT molecular complexity index is 796. The van der Waals surface area contributed by atoms with Gasteiger partial charge in [-0.15, -0.1) is 0 Å². The van der Waals surface area contributed by atoms with Crippen LogP contribution < -0.4 is 19.7 Å². The molecule has 0 unspecified atom stereocenters. The fraction of sp³-hybridized carbons (Fsp3) is 0.412. The number of thiazole rings is 1. The molecule has 2 heterocycles. The van der Waals surface area contributed by atoms with Gasteiger partial charge in [-0.2, -0.15) is 0 Å². The summed E-state index contributed by atoms with van der Waals surface area (Å²) < 4.78 is 12.6. The van der Waals surface area contributed by atoms with Crippen molar-refractivity contribution >= 4 is 17.2 Å². The second-order valence-electron chi connectivity index (χ2n) is 5.66. The van der Waals surface area contributed by atoms with Gasteiger partial charge in [0.15, 0.2) is 11.5 Å². The zero-order valence-corrected chi connectivity index (χ0v) is 14.5. The maximum atomic E-state index is 12.3. The minimum absolute atomic E-state index is 0.0369. The van der Waals surface area contributed by atoms with Crippen molar-refractivity contribution < 1.29 is 14.3 Å². The van der Waals surface area contributed by atoms with Crippen LogP contribution >= 0.6 is 11.3 Å². The van der Waals surface area contributed by atoms with E-state index in [-0.39, 0.29) is 23.4 Å². The van der Waals surface area contributed by atoms with E-state index in [4.69, 9.17) is 9.47 Å². The Hall–Kier alpha value is -2.28. The second kappa shape index (κ2) is 7.09. The zero-order chi connectivity index (χ0) is 17.1. The van der Waals surface area contributed by atoms with E-state index in [2.05, 4.69) is 5.32 Å². The molecule has 0 radical (unpaired) electrons. The van der Waals surface area contributed by atoms with Crippen molar-refractivity contribution in [1.82, 2.24) is 9.88 Å². The normalized spacial score (nSPS) is 14.2. The molecule has 0 aliphatic carbocycles. The van der Waals surface area contributed by atoms with Crippen LogP contribution in [0.1, 0.15) is 30.6 Å². The standard InChI is InChI=1S/C17H20N2O4S/c1-3-13(12-4-5-14-15(8-12)23-7-6-22-14)18-16(20)9-19-11(2)10-24-17(19)21/h4-5,8,10,13H,3,6-7,9H2,1-2H3,(H,18,20)/t13-/m1/s1. The fourth-order valence-corrected chi connectivity index (χ4v) is 3.41. The molecule has 24 heavy (non-hydrogen) atoms. The number of aryl methyl sites for hydroxylation is 1. The lowest BCUT2D eigenvalue weighted by Crippen LogP contribution is -2.33. The number of amides is 1. The van der Waals surface area contributed by atoms with E-state index in [9.17, 15) is 9.59 Å². The SMILES string of the molecule is CC[C@@H](NC(=O)Cn1c(C)csc1=O)c1ccc2c(c1)OCCO2. The molecule has 0 bridgehead atoms. The van der Waals surface area contributed by atoms with Gasteiger partial charge in [-0.05, 0) is 31.0 Å². The van der Waals surface area contributed by atoms with E-state index in [0.29, 0.717) is 19.0 Å². The highest BCUT2D eigenvalue weighted by Gasteiger charge is 2.18. The number of hydrogen-bond donors (Lipinski definition) is 1. The van der Waals surface area contributed by atoms with Gasteiger partial charge in [-0.1, -0.05) is 24.3 Å². The average Bonchev–Trinajstić information content (AvgIpc) is 2.91. The first-order chi connectivity index (χ1) is 11.6. The highest BCUT2D eigenvalue weighted by molar-refractivity contribution is 7.07. The highest BCUT2D eigenvalue weighted by atomic mass is 32.1. The molecular weight excluding hydrogens is 328 g/mol. The van der Waals surface area contributed by atoms with E-state index < -0.39 is 0 Å². The molecule has 3 rings (SSSR count). The second-order valence-corrected chi connectivity index (χ2v) is 6.48. The number of nitrogens with zero attached hydrogens (tertiary/aromatic N) is 1. The van der Waals surface area contributed by atoms with Gasteiger partial charge in [-0.25, -0.2) is 0 Å². The molecule has 1 N–H and O–H groups in total. The Morgan fingerprint density at radius 3 is 2.75 bits per heavy atom. The van der Waals surface area contributed by atoms with Crippen LogP contribution in [0.3, 0.4) is 0 Å². The Balaban J connectivity index is 1.72. The van der Waals surface area contributed by atoms with Gasteiger partial charge in [0.2, 0.25) is 5.91 Å². The highest BCUT2D eigenvalue weighted by Crippen LogP contribution is 2.33. The first-order valence-electron chi connectivity index (χ1n) is 7.92. The number of benzene rings is 1. The summed E-state index contributed by atoms with van der Waals surface area (Å²) in [5.41, 5.74) is 1.76. The van der Waals surface area contributed by atoms with Gasteiger partial charge in [0.05, 0.1) is 6.04 Å². The quantitative estimate of drug-likeness (QED) is 0.900. The molecule has 1 aliphatic heterocycles. The van der Waals surface area contributed by atoms with E-state index in [1.165, 1.54) is 4.57 Å². The van der Waals surface area contributed by atoms with Crippen molar-refractivity contribution in [1.29, 1.82) is 0 Å². The predicted octanol–water partition coefficient (Wildman–Crippen LogP) is 2.26. The molecule has 1 amide bonds. The number of rotatable bonds is 5. The van der Waals surface area contributed by atoms with Crippen LogP contribution in [-0.4, -0.2) is 23.7 Å². The Morgan fingerprint density at radius 1 is 1.33 bits per heavy atom. The summed E-state index contributed by atoms with van der Waals surface area (Å²) in [5.74, 6) is 1.25. The van der Waals surface area contributed by atoms with Crippen molar-refractivity contribution in [2.75, 3.05) is 13.2 Å². The Labute approximate surface area is 144 Å². The molecule has 0 fully saturated rings. The number of nitrogens with one attached hydrogen (secondary N) is 1. The van der Waals surface area contributed by atoms with Crippen LogP contribution in [0.15, 0.2) is 28.4 Å². The van der Waals surface area contributed by atoms with Crippen molar-refractivity contribution in [3.8, 4) is 11.5 Å². The van der Waals surface area contributed by atoms with Gasteiger partial charge in [0.25, 0.3) is 0 Å². The summed E-state index contributed by atoms with van der Waals surface area (Å²) in [7, 11) is 0. The van der Waals surface area contributed by atoms with Crippen molar-refractivity contribution in [2.24, 2.45) is 0 Å². The van der Waals surface area contributed by atoms with Crippen LogP contribution in [0, 0.1) is 6.92 Å². The largest absolute Gasteiger partial charge is 0.486 e. The summed E-state index contributed by atoms with van der Waals surface area (Å²) in [6, 6.07) is 5.57. The first-order valence-corrected chi connectivity index (χ1v) is 8.80. The van der Waals surface area contributed by atoms with Crippen molar-refractivity contribution in [2.45, 2.75) is 32.9 Å². The molecule has 0 spiro atoms. The lowest BCUT2D eigenvalue weighted by Gasteiger charge is -2.22. The van der Waals surface area contributed by atoms with Crippen molar-refractivity contribution in [3.05, 3.63) is 44.5 Å². The fourth-order valence-electron chi connectivity index (χ4n) is 2.68. The third-order valence-corrected chi connectivity index (χ3v) is 4.87. The topological polar surface area (TPSA) is 69.6 Å². The first kappa shape index (κ1) is 16.6. The van der Waals surface area contributed by atoms with Crippen molar-refractivity contribution in [3.63, 3.8) is 0 Å². The maximum Gasteiger partial charge on any atom is 0.307 e. The lowest BCUT2D eigenvalue weighted by atomic mass is 10.0. The zero-order valence-electron chi connectivity index (χ0n) is 13.7. The van der Waals surface area contributed by atoms with Gasteiger partial charge in [0.1, 0.15) is 19.8 Å². The molecule has 7 heteroatoms. The van der Waals surface area contributed by atoms with Crippen LogP contribution in [0.25, 0.3) is 0 Å². The molecule has 0 saturated heterocycles. The molecule has 2 aromatic rings. The minimum atomic E-state index is -0.180.